The first kappa shape index (κ1) is 19.6. The van der Waals surface area contributed by atoms with Gasteiger partial charge in [-0.25, -0.2) is 21.2 Å². The summed E-state index contributed by atoms with van der Waals surface area (Å²) in [5, 5.41) is 0. The van der Waals surface area contributed by atoms with E-state index in [-0.39, 0.29) is 21.9 Å². The van der Waals surface area contributed by atoms with Crippen LogP contribution in [0.1, 0.15) is 24.5 Å². The average Bonchev–Trinajstić information content (AvgIpc) is 2.60. The van der Waals surface area contributed by atoms with Crippen molar-refractivity contribution in [3.8, 4) is 0 Å². The van der Waals surface area contributed by atoms with Crippen LogP contribution < -0.4 is 9.03 Å². The lowest BCUT2D eigenvalue weighted by atomic mass is 10.0. The molecule has 0 bridgehead atoms. The number of halogens is 1. The van der Waals surface area contributed by atoms with Crippen molar-refractivity contribution in [1.82, 2.24) is 0 Å². The Balaban J connectivity index is 1.98. The van der Waals surface area contributed by atoms with Crippen LogP contribution >= 0.6 is 0 Å². The van der Waals surface area contributed by atoms with Gasteiger partial charge in [-0.2, -0.15) is 0 Å². The first-order chi connectivity index (χ1) is 12.6. The maximum atomic E-state index is 13.3. The highest BCUT2D eigenvalue weighted by Gasteiger charge is 2.27. The third-order valence-electron chi connectivity index (χ3n) is 4.54. The van der Waals surface area contributed by atoms with Crippen molar-refractivity contribution in [2.45, 2.75) is 31.6 Å². The molecule has 0 spiro atoms. The molecule has 9 heteroatoms. The molecule has 0 unspecified atom stereocenters. The summed E-state index contributed by atoms with van der Waals surface area (Å²) < 4.78 is 67.1. The minimum Gasteiger partial charge on any atom is -0.280 e. The van der Waals surface area contributed by atoms with Crippen LogP contribution in [0.15, 0.2) is 41.3 Å². The Morgan fingerprint density at radius 2 is 1.85 bits per heavy atom. The van der Waals surface area contributed by atoms with Crippen LogP contribution in [-0.2, 0) is 26.5 Å². The number of fused-ring (bicyclic) bond motifs is 1. The Bertz CT molecular complexity index is 1080. The number of nitrogens with zero attached hydrogens (tertiary/aromatic N) is 1. The maximum Gasteiger partial charge on any atom is 0.262 e. The van der Waals surface area contributed by atoms with Crippen molar-refractivity contribution in [1.29, 1.82) is 0 Å². The molecule has 1 aliphatic heterocycles. The van der Waals surface area contributed by atoms with E-state index in [1.54, 1.807) is 19.1 Å². The summed E-state index contributed by atoms with van der Waals surface area (Å²) >= 11 is 0. The van der Waals surface area contributed by atoms with Crippen molar-refractivity contribution in [3.05, 3.63) is 53.3 Å². The van der Waals surface area contributed by atoms with Crippen molar-refractivity contribution in [3.63, 3.8) is 0 Å². The fraction of sp³-hybridized carbons (Fsp3) is 0.333. The third kappa shape index (κ3) is 3.93. The lowest BCUT2D eigenvalue weighted by molar-refractivity contribution is 0.587. The first-order valence-electron chi connectivity index (χ1n) is 8.56. The van der Waals surface area contributed by atoms with Gasteiger partial charge in [0.25, 0.3) is 10.0 Å². The van der Waals surface area contributed by atoms with Gasteiger partial charge in [-0.1, -0.05) is 6.07 Å². The zero-order valence-electron chi connectivity index (χ0n) is 15.1. The van der Waals surface area contributed by atoms with Gasteiger partial charge >= 0.3 is 0 Å². The molecule has 0 saturated heterocycles. The first-order valence-corrected chi connectivity index (χ1v) is 11.7. The second-order valence-corrected chi connectivity index (χ2v) is 10.3. The van der Waals surface area contributed by atoms with E-state index in [2.05, 4.69) is 4.72 Å². The van der Waals surface area contributed by atoms with E-state index in [1.807, 2.05) is 0 Å². The van der Waals surface area contributed by atoms with Crippen molar-refractivity contribution in [2.24, 2.45) is 0 Å². The normalized spacial score (nSPS) is 14.7. The Morgan fingerprint density at radius 1 is 1.11 bits per heavy atom. The molecular weight excluding hydrogens is 391 g/mol. The predicted octanol–water partition coefficient (Wildman–Crippen LogP) is 3.04. The molecule has 1 aliphatic rings. The smallest absolute Gasteiger partial charge is 0.262 e. The molecule has 6 nitrogen and oxygen atoms in total. The van der Waals surface area contributed by atoms with Crippen LogP contribution in [0.25, 0.3) is 0 Å². The van der Waals surface area contributed by atoms with Gasteiger partial charge in [0.05, 0.1) is 22.0 Å². The summed E-state index contributed by atoms with van der Waals surface area (Å²) in [7, 11) is -7.37. The number of anilines is 2. The van der Waals surface area contributed by atoms with Gasteiger partial charge in [0, 0.05) is 6.54 Å². The molecule has 0 radical (unpaired) electrons. The van der Waals surface area contributed by atoms with Gasteiger partial charge in [0.2, 0.25) is 10.0 Å². The monoisotopic (exact) mass is 412 g/mol. The number of sulfonamides is 2. The van der Waals surface area contributed by atoms with Crippen LogP contribution in [0.2, 0.25) is 0 Å². The van der Waals surface area contributed by atoms with Crippen molar-refractivity contribution < 1.29 is 21.2 Å². The Kier molecular flexibility index (Phi) is 5.18. The van der Waals surface area contributed by atoms with E-state index >= 15 is 0 Å². The van der Waals surface area contributed by atoms with Crippen LogP contribution in [0.3, 0.4) is 0 Å². The second kappa shape index (κ2) is 7.12. The molecule has 0 aliphatic carbocycles. The van der Waals surface area contributed by atoms with Gasteiger partial charge in [-0.15, -0.1) is 0 Å². The average molecular weight is 413 g/mol. The summed E-state index contributed by atoms with van der Waals surface area (Å²) in [5.41, 5.74) is 1.91. The van der Waals surface area contributed by atoms with Gasteiger partial charge < -0.3 is 0 Å². The van der Waals surface area contributed by atoms with Gasteiger partial charge in [0.15, 0.2) is 0 Å². The van der Waals surface area contributed by atoms with Gasteiger partial charge in [0.1, 0.15) is 5.82 Å². The van der Waals surface area contributed by atoms with Crippen LogP contribution in [0.4, 0.5) is 15.8 Å². The third-order valence-corrected chi connectivity index (χ3v) is 7.86. The Labute approximate surface area is 159 Å². The van der Waals surface area contributed by atoms with E-state index in [0.29, 0.717) is 18.7 Å². The highest BCUT2D eigenvalue weighted by molar-refractivity contribution is 7.93. The highest BCUT2D eigenvalue weighted by Crippen LogP contribution is 2.33. The summed E-state index contributed by atoms with van der Waals surface area (Å²) in [6, 6.07) is 8.33. The lowest BCUT2D eigenvalue weighted by Crippen LogP contribution is -2.36. The maximum absolute atomic E-state index is 13.3. The zero-order valence-corrected chi connectivity index (χ0v) is 16.7. The van der Waals surface area contributed by atoms with Gasteiger partial charge in [-0.3, -0.25) is 9.03 Å². The summed E-state index contributed by atoms with van der Waals surface area (Å²) in [6.45, 7) is 3.46. The molecule has 146 valence electrons. The molecule has 0 saturated carbocycles. The zero-order chi connectivity index (χ0) is 19.8. The molecule has 1 heterocycles. The number of hydrogen-bond acceptors (Lipinski definition) is 4. The molecule has 0 amide bonds. The molecule has 2 aromatic rings. The molecule has 27 heavy (non-hydrogen) atoms. The topological polar surface area (TPSA) is 83.6 Å². The molecule has 0 aromatic heterocycles. The molecule has 1 N–H and O–H groups in total. The van der Waals surface area contributed by atoms with Crippen molar-refractivity contribution >= 4 is 31.4 Å². The van der Waals surface area contributed by atoms with Crippen LogP contribution in [0, 0.1) is 12.7 Å². The lowest BCUT2D eigenvalue weighted by Gasteiger charge is -2.30. The Morgan fingerprint density at radius 3 is 2.52 bits per heavy atom. The molecular formula is C18H21FN2O4S2. The SMILES string of the molecule is CCS(=O)(=O)N1CCCc2ccc(NS(=O)(=O)c3ccc(F)cc3C)cc21. The predicted molar refractivity (Wildman–Crippen MR) is 104 cm³/mol. The standard InChI is InChI=1S/C18H21FN2O4S2/c1-3-26(22,23)21-10-4-5-14-6-8-16(12-17(14)21)20-27(24,25)18-9-7-15(19)11-13(18)2/h6-9,11-12,20H,3-5,10H2,1-2H3. The summed E-state index contributed by atoms with van der Waals surface area (Å²) in [5.74, 6) is -0.544. The number of nitrogens with one attached hydrogen (secondary N) is 1. The summed E-state index contributed by atoms with van der Waals surface area (Å²) in [6.07, 6.45) is 1.45. The molecule has 3 rings (SSSR count). The molecule has 0 atom stereocenters. The number of aryl methyl sites for hydroxylation is 2. The minimum absolute atomic E-state index is 0.0281. The Hall–Kier alpha value is -2.13. The fourth-order valence-electron chi connectivity index (χ4n) is 3.17. The highest BCUT2D eigenvalue weighted by atomic mass is 32.2. The molecule has 2 aromatic carbocycles. The molecule has 0 fully saturated rings. The number of benzene rings is 2. The second-order valence-electron chi connectivity index (χ2n) is 6.44. The number of rotatable bonds is 5. The van der Waals surface area contributed by atoms with E-state index in [0.717, 1.165) is 24.1 Å². The minimum atomic E-state index is -3.93. The van der Waals surface area contributed by atoms with E-state index < -0.39 is 25.9 Å². The summed E-state index contributed by atoms with van der Waals surface area (Å²) in [4.78, 5) is -0.0281. The van der Waals surface area contributed by atoms with E-state index in [4.69, 9.17) is 0 Å². The van der Waals surface area contributed by atoms with Gasteiger partial charge in [-0.05, 0) is 68.1 Å². The van der Waals surface area contributed by atoms with Crippen LogP contribution in [0.5, 0.6) is 0 Å². The number of hydrogen-bond donors (Lipinski definition) is 1. The largest absolute Gasteiger partial charge is 0.280 e. The van der Waals surface area contributed by atoms with E-state index in [9.17, 15) is 21.2 Å². The van der Waals surface area contributed by atoms with E-state index in [1.165, 1.54) is 23.4 Å². The quantitative estimate of drug-likeness (QED) is 0.818. The van der Waals surface area contributed by atoms with Crippen LogP contribution in [-0.4, -0.2) is 29.1 Å². The fourth-order valence-corrected chi connectivity index (χ4v) is 5.64. The van der Waals surface area contributed by atoms with Crippen molar-refractivity contribution in [2.75, 3.05) is 21.3 Å².